The largest absolute Gasteiger partial charge is 0.508 e. The molecule has 1 aliphatic heterocycles. The Morgan fingerprint density at radius 1 is 0.625 bits per heavy atom. The zero-order chi connectivity index (χ0) is 64.5. The fourth-order valence-corrected chi connectivity index (χ4v) is 11.3. The number of rotatable bonds is 24. The summed E-state index contributed by atoms with van der Waals surface area (Å²) in [6.45, 7) is 1.59. The monoisotopic (exact) mass is 1280 g/mol. The molecule has 0 bridgehead atoms. The minimum atomic E-state index is -1.78. The second-order valence-corrected chi connectivity index (χ2v) is 23.9. The molecule has 27 nitrogen and oxygen atoms in total. The van der Waals surface area contributed by atoms with Crippen molar-refractivity contribution in [3.8, 4) is 11.5 Å². The minimum Gasteiger partial charge on any atom is -0.508 e. The van der Waals surface area contributed by atoms with Gasteiger partial charge in [0.2, 0.25) is 53.2 Å². The van der Waals surface area contributed by atoms with E-state index >= 15 is 0 Å². The Morgan fingerprint density at radius 2 is 1.15 bits per heavy atom. The Labute approximate surface area is 521 Å². The lowest BCUT2D eigenvalue weighted by Gasteiger charge is -2.29. The molecule has 4 aromatic carbocycles. The zero-order valence-corrected chi connectivity index (χ0v) is 50.6. The molecule has 1 saturated heterocycles. The molecule has 1 fully saturated rings. The highest BCUT2D eigenvalue weighted by Gasteiger charge is 2.37. The normalized spacial score (nSPS) is 20.4. The highest BCUT2D eigenvalue weighted by atomic mass is 35.5. The lowest BCUT2D eigenvalue weighted by atomic mass is 10.0. The molecule has 2 unspecified atom stereocenters. The van der Waals surface area contributed by atoms with Crippen molar-refractivity contribution in [2.45, 2.75) is 125 Å². The fraction of sp³-hybridized carbons (Fsp3) is 0.414. The number of phenols is 2. The number of urea groups is 1. The van der Waals surface area contributed by atoms with Crippen LogP contribution in [0.1, 0.15) is 61.3 Å². The summed E-state index contributed by atoms with van der Waals surface area (Å²) in [6, 6.07) is 10.6. The number of hydrogen-bond acceptors (Lipinski definition) is 18. The highest BCUT2D eigenvalue weighted by molar-refractivity contribution is 8.76. The van der Waals surface area contributed by atoms with Crippen LogP contribution >= 0.6 is 33.2 Å². The van der Waals surface area contributed by atoms with Crippen LogP contribution in [0.25, 0.3) is 0 Å². The molecule has 476 valence electrons. The minimum absolute atomic E-state index is 0.0102. The van der Waals surface area contributed by atoms with Gasteiger partial charge in [0.1, 0.15) is 53.8 Å². The molecule has 11 amide bonds. The Morgan fingerprint density at radius 3 is 1.72 bits per heavy atom. The van der Waals surface area contributed by atoms with Gasteiger partial charge in [-0.3, -0.25) is 43.2 Å². The van der Waals surface area contributed by atoms with Crippen molar-refractivity contribution in [1.29, 1.82) is 0 Å². The molecular weight excluding hydrogens is 1200 g/mol. The number of nitrogens with two attached hydrogens (primary N) is 5. The molecule has 0 spiro atoms. The molecule has 10 atom stereocenters. The second kappa shape index (κ2) is 35.6. The quantitative estimate of drug-likeness (QED) is 0.0291. The van der Waals surface area contributed by atoms with E-state index in [4.69, 9.17) is 40.3 Å². The van der Waals surface area contributed by atoms with Crippen LogP contribution in [0.4, 0.5) is 10.5 Å². The average molecular weight is 1280 g/mol. The van der Waals surface area contributed by atoms with Gasteiger partial charge < -0.3 is 91.8 Å². The molecule has 4 aromatic rings. The summed E-state index contributed by atoms with van der Waals surface area (Å²) in [7, 11) is 1.88. The van der Waals surface area contributed by atoms with Gasteiger partial charge in [0.05, 0.1) is 18.2 Å². The third-order valence-corrected chi connectivity index (χ3v) is 16.5. The predicted molar refractivity (Wildman–Crippen MR) is 333 cm³/mol. The van der Waals surface area contributed by atoms with Crippen molar-refractivity contribution in [1.82, 2.24) is 42.5 Å². The van der Waals surface area contributed by atoms with Crippen molar-refractivity contribution < 1.29 is 63.3 Å². The van der Waals surface area contributed by atoms with E-state index in [0.29, 0.717) is 45.8 Å². The number of benzene rings is 4. The lowest BCUT2D eigenvalue weighted by molar-refractivity contribution is -0.136. The van der Waals surface area contributed by atoms with E-state index < -0.39 is 120 Å². The number of aliphatic hydroxyl groups is 1. The molecule has 0 aromatic heterocycles. The summed E-state index contributed by atoms with van der Waals surface area (Å²) in [4.78, 5) is 138. The van der Waals surface area contributed by atoms with Crippen LogP contribution in [0, 0.1) is 0 Å². The number of primary amides is 2. The molecule has 0 saturated carbocycles. The van der Waals surface area contributed by atoms with Crippen LogP contribution in [0.5, 0.6) is 11.5 Å². The van der Waals surface area contributed by atoms with E-state index in [1.807, 2.05) is 0 Å². The number of carbonyl (C=O) groups is 10. The number of unbranched alkanes of at least 4 members (excludes halogenated alkanes) is 1. The number of anilines is 1. The number of carbonyl (C=O) groups excluding carboxylic acids is 10. The van der Waals surface area contributed by atoms with Crippen LogP contribution in [-0.4, -0.2) is 160 Å². The maximum Gasteiger partial charge on any atom is 0.312 e. The highest BCUT2D eigenvalue weighted by Crippen LogP contribution is 2.25. The van der Waals surface area contributed by atoms with Gasteiger partial charge in [0.25, 0.3) is 0 Å². The standard InChI is InChI=1S/C58H77ClN14O13S2/c1-31(74)48-57(85)72-47(55(83)68-43(49(63)77)26-34-11-19-38(75)20-12-34)30-88-87-29-46(71-51(79)41(62)25-32-7-15-36(59)16-8-32)56(84)70-45(28-35-13-21-39(76)22-14-35)54(82)69-44(53(81)67-42(52(80)73-48)6-2-3-23-60)27-33-9-17-37(18-10-33)66-50(78)40(61)5-4-24-65-58(64)86/h7-22,31,40-48,74-76H,2-6,23-30,60-62H2,1H3,(H2,63,77)(H,66,78)(H,67,81)(H,68,83)(H,69,82)(H,70,84)(H,71,79)(H,72,85)(H,73,80)(H3,64,65,86)/t31?,40-,41-,42-,43+,44+,45-,46+,47-,48?/m0/s1. The first kappa shape index (κ1) is 70.6. The van der Waals surface area contributed by atoms with Crippen molar-refractivity contribution in [2.24, 2.45) is 28.7 Å². The van der Waals surface area contributed by atoms with Crippen molar-refractivity contribution in [3.63, 3.8) is 0 Å². The first-order valence-corrected chi connectivity index (χ1v) is 31.0. The second-order valence-electron chi connectivity index (χ2n) is 21.0. The number of nitrogens with one attached hydrogen (secondary N) is 9. The fourth-order valence-electron chi connectivity index (χ4n) is 8.85. The summed E-state index contributed by atoms with van der Waals surface area (Å²) in [5, 5.41) is 55.1. The molecule has 88 heavy (non-hydrogen) atoms. The van der Waals surface area contributed by atoms with Gasteiger partial charge in [0.15, 0.2) is 0 Å². The van der Waals surface area contributed by atoms with Crippen molar-refractivity contribution >= 4 is 98.1 Å². The number of hydrogen-bond donors (Lipinski definition) is 17. The number of amides is 11. The summed E-state index contributed by atoms with van der Waals surface area (Å²) in [5.74, 6) is -8.77. The topological polar surface area (TPSA) is 470 Å². The Kier molecular flexibility index (Phi) is 28.5. The summed E-state index contributed by atoms with van der Waals surface area (Å²) in [5.41, 5.74) is 31.5. The van der Waals surface area contributed by atoms with E-state index in [0.717, 1.165) is 21.6 Å². The molecule has 1 heterocycles. The number of halogens is 1. The van der Waals surface area contributed by atoms with Crippen molar-refractivity contribution in [2.75, 3.05) is 29.9 Å². The van der Waals surface area contributed by atoms with Gasteiger partial charge in [-0.05, 0) is 123 Å². The first-order chi connectivity index (χ1) is 41.9. The number of phenolic OH excluding ortho intramolecular Hbond substituents is 2. The van der Waals surface area contributed by atoms with Crippen molar-refractivity contribution in [3.05, 3.63) is 124 Å². The van der Waals surface area contributed by atoms with E-state index in [9.17, 15) is 63.3 Å². The van der Waals surface area contributed by atoms with Crippen LogP contribution in [0.15, 0.2) is 97.1 Å². The Bertz CT molecular complexity index is 3030. The van der Waals surface area contributed by atoms with Crippen LogP contribution in [0.2, 0.25) is 5.02 Å². The summed E-state index contributed by atoms with van der Waals surface area (Å²) >= 11 is 6.09. The summed E-state index contributed by atoms with van der Waals surface area (Å²) < 4.78 is 0. The van der Waals surface area contributed by atoms with Gasteiger partial charge in [-0.1, -0.05) is 81.7 Å². The zero-order valence-electron chi connectivity index (χ0n) is 48.2. The first-order valence-electron chi connectivity index (χ1n) is 28.2. The molecule has 22 N–H and O–H groups in total. The lowest BCUT2D eigenvalue weighted by Crippen LogP contribution is -2.62. The third-order valence-electron chi connectivity index (χ3n) is 13.8. The Hall–Kier alpha value is -8.19. The van der Waals surface area contributed by atoms with Gasteiger partial charge >= 0.3 is 6.03 Å². The molecule has 1 aliphatic rings. The van der Waals surface area contributed by atoms with Crippen LogP contribution in [0.3, 0.4) is 0 Å². The summed E-state index contributed by atoms with van der Waals surface area (Å²) in [6.07, 6.45) is -1.16. The third kappa shape index (κ3) is 23.8. The van der Waals surface area contributed by atoms with E-state index in [1.54, 1.807) is 36.4 Å². The van der Waals surface area contributed by atoms with E-state index in [-0.39, 0.29) is 81.0 Å². The van der Waals surface area contributed by atoms with E-state index in [2.05, 4.69) is 47.9 Å². The van der Waals surface area contributed by atoms with Gasteiger partial charge in [-0.25, -0.2) is 4.79 Å². The number of aromatic hydroxyl groups is 2. The SMILES string of the molecule is CC(O)C1NC(=O)[C@H](CCCCN)NC(=O)[C@@H](Cc2ccc(NC(=O)[C@@H](N)CCCNC(N)=O)cc2)NC(=O)[C@H](Cc2ccc(O)cc2)NC(=O)[C@H](NC(=O)[C@@H](N)Cc2ccc(Cl)cc2)CSSC[C@@H](C(=O)N[C@H](Cc2ccc(O)cc2)C(N)=O)NC1=O. The predicted octanol–water partition coefficient (Wildman–Crippen LogP) is -1.15. The maximum atomic E-state index is 14.9. The van der Waals surface area contributed by atoms with Crippen LogP contribution < -0.4 is 76.5 Å². The average Bonchev–Trinajstić information content (AvgIpc) is 3.66. The van der Waals surface area contributed by atoms with Gasteiger partial charge in [0, 0.05) is 48.0 Å². The smallest absolute Gasteiger partial charge is 0.312 e. The van der Waals surface area contributed by atoms with Gasteiger partial charge in [-0.2, -0.15) is 0 Å². The van der Waals surface area contributed by atoms with E-state index in [1.165, 1.54) is 67.6 Å². The maximum absolute atomic E-state index is 14.9. The molecule has 0 aliphatic carbocycles. The molecule has 0 radical (unpaired) electrons. The number of aliphatic hydroxyl groups excluding tert-OH is 1. The molecule has 5 rings (SSSR count). The molecular formula is C58H77ClN14O13S2. The Balaban J connectivity index is 1.56. The van der Waals surface area contributed by atoms with Crippen LogP contribution in [-0.2, 0) is 68.8 Å². The molecule has 30 heteroatoms. The van der Waals surface area contributed by atoms with Gasteiger partial charge in [-0.15, -0.1) is 0 Å².